The van der Waals surface area contributed by atoms with Crippen LogP contribution >= 0.6 is 0 Å². The van der Waals surface area contributed by atoms with Crippen LogP contribution in [-0.2, 0) is 8.85 Å². The van der Waals surface area contributed by atoms with Crippen LogP contribution in [0.4, 0.5) is 0 Å². The monoisotopic (exact) mass is 482 g/mol. The fourth-order valence-electron chi connectivity index (χ4n) is 4.57. The van der Waals surface area contributed by atoms with E-state index in [-0.39, 0.29) is 12.2 Å². The SMILES string of the molecule is C[C@H](O[Si](C)(c1ccccc1)c1ccccc1)[C@H](C)O[Si](C)(c1ccccc1)c1ccccc1. The quantitative estimate of drug-likeness (QED) is 0.325. The highest BCUT2D eigenvalue weighted by molar-refractivity contribution is 6.97. The van der Waals surface area contributed by atoms with Crippen molar-refractivity contribution in [2.45, 2.75) is 39.1 Å². The molecular formula is C30H34O2Si2. The van der Waals surface area contributed by atoms with Gasteiger partial charge in [-0.2, -0.15) is 0 Å². The molecule has 4 aromatic carbocycles. The Kier molecular flexibility index (Phi) is 7.64. The minimum atomic E-state index is -2.43. The number of benzene rings is 4. The molecule has 0 fully saturated rings. The van der Waals surface area contributed by atoms with E-state index in [1.54, 1.807) is 0 Å². The Morgan fingerprint density at radius 2 is 0.618 bits per heavy atom. The first-order chi connectivity index (χ1) is 16.4. The van der Waals surface area contributed by atoms with Gasteiger partial charge in [0.2, 0.25) is 0 Å². The second-order valence-corrected chi connectivity index (χ2v) is 16.1. The van der Waals surface area contributed by atoms with Crippen LogP contribution < -0.4 is 20.7 Å². The molecule has 0 radical (unpaired) electrons. The summed E-state index contributed by atoms with van der Waals surface area (Å²) in [5, 5.41) is 5.08. The molecule has 2 atom stereocenters. The van der Waals surface area contributed by atoms with Crippen molar-refractivity contribution in [2.24, 2.45) is 0 Å². The molecular weight excluding hydrogens is 449 g/mol. The van der Waals surface area contributed by atoms with Crippen molar-refractivity contribution < 1.29 is 8.85 Å². The van der Waals surface area contributed by atoms with Crippen LogP contribution in [0.15, 0.2) is 121 Å². The highest BCUT2D eigenvalue weighted by Gasteiger charge is 2.40. The summed E-state index contributed by atoms with van der Waals surface area (Å²) >= 11 is 0. The van der Waals surface area contributed by atoms with Gasteiger partial charge in [0, 0.05) is 0 Å². The maximum absolute atomic E-state index is 7.03. The molecule has 0 unspecified atom stereocenters. The molecule has 174 valence electrons. The minimum absolute atomic E-state index is 0.0728. The predicted molar refractivity (Wildman–Crippen MR) is 149 cm³/mol. The van der Waals surface area contributed by atoms with Gasteiger partial charge in [0.05, 0.1) is 12.2 Å². The van der Waals surface area contributed by atoms with Crippen molar-refractivity contribution in [1.29, 1.82) is 0 Å². The highest BCUT2D eigenvalue weighted by atomic mass is 28.4. The fourth-order valence-corrected chi connectivity index (χ4v) is 11.0. The van der Waals surface area contributed by atoms with E-state index in [9.17, 15) is 0 Å². The summed E-state index contributed by atoms with van der Waals surface area (Å²) in [5.74, 6) is 0. The van der Waals surface area contributed by atoms with E-state index in [1.165, 1.54) is 20.7 Å². The van der Waals surface area contributed by atoms with E-state index in [4.69, 9.17) is 8.85 Å². The number of hydrogen-bond acceptors (Lipinski definition) is 2. The summed E-state index contributed by atoms with van der Waals surface area (Å²) in [6.07, 6.45) is -0.146. The molecule has 4 aromatic rings. The van der Waals surface area contributed by atoms with E-state index in [0.29, 0.717) is 0 Å². The van der Waals surface area contributed by atoms with Crippen molar-refractivity contribution in [1.82, 2.24) is 0 Å². The Balaban J connectivity index is 1.64. The van der Waals surface area contributed by atoms with Crippen molar-refractivity contribution >= 4 is 37.4 Å². The lowest BCUT2D eigenvalue weighted by molar-refractivity contribution is 0.0730. The molecule has 0 bridgehead atoms. The molecule has 0 saturated carbocycles. The van der Waals surface area contributed by atoms with Gasteiger partial charge >= 0.3 is 0 Å². The fraction of sp³-hybridized carbons (Fsp3) is 0.200. The first kappa shape index (κ1) is 24.4. The van der Waals surface area contributed by atoms with Gasteiger partial charge in [-0.1, -0.05) is 121 Å². The summed E-state index contributed by atoms with van der Waals surface area (Å²) in [6, 6.07) is 42.7. The molecule has 4 heteroatoms. The third-order valence-corrected chi connectivity index (χ3v) is 14.2. The summed E-state index contributed by atoms with van der Waals surface area (Å²) in [4.78, 5) is 0. The van der Waals surface area contributed by atoms with Crippen molar-refractivity contribution in [2.75, 3.05) is 0 Å². The Bertz CT molecular complexity index is 978. The van der Waals surface area contributed by atoms with Crippen LogP contribution in [0.3, 0.4) is 0 Å². The summed E-state index contributed by atoms with van der Waals surface area (Å²) in [7, 11) is -4.85. The lowest BCUT2D eigenvalue weighted by atomic mass is 10.3. The van der Waals surface area contributed by atoms with Crippen molar-refractivity contribution in [3.63, 3.8) is 0 Å². The smallest absolute Gasteiger partial charge is 0.253 e. The number of rotatable bonds is 9. The Hall–Kier alpha value is -2.77. The topological polar surface area (TPSA) is 18.5 Å². The van der Waals surface area contributed by atoms with Crippen molar-refractivity contribution in [3.8, 4) is 0 Å². The maximum Gasteiger partial charge on any atom is 0.253 e. The maximum atomic E-state index is 7.03. The summed E-state index contributed by atoms with van der Waals surface area (Å²) < 4.78 is 14.1. The van der Waals surface area contributed by atoms with E-state index >= 15 is 0 Å². The van der Waals surface area contributed by atoms with E-state index in [2.05, 4.69) is 148 Å². The van der Waals surface area contributed by atoms with E-state index in [1.807, 2.05) is 0 Å². The van der Waals surface area contributed by atoms with Crippen LogP contribution in [-0.4, -0.2) is 28.8 Å². The molecule has 0 saturated heterocycles. The first-order valence-corrected chi connectivity index (χ1v) is 16.8. The lowest BCUT2D eigenvalue weighted by Gasteiger charge is -2.38. The van der Waals surface area contributed by atoms with Crippen LogP contribution in [0, 0.1) is 0 Å². The third-order valence-electron chi connectivity index (χ3n) is 6.80. The van der Waals surface area contributed by atoms with Crippen LogP contribution in [0.1, 0.15) is 13.8 Å². The Morgan fingerprint density at radius 3 is 0.824 bits per heavy atom. The lowest BCUT2D eigenvalue weighted by Crippen LogP contribution is -2.63. The molecule has 0 aliphatic carbocycles. The molecule has 4 rings (SSSR count). The Labute approximate surface area is 206 Å². The molecule has 0 amide bonds. The first-order valence-electron chi connectivity index (χ1n) is 12.0. The average Bonchev–Trinajstić information content (AvgIpc) is 2.90. The van der Waals surface area contributed by atoms with Gasteiger partial charge in [-0.3, -0.25) is 0 Å². The van der Waals surface area contributed by atoms with Gasteiger partial charge in [0.1, 0.15) is 0 Å². The van der Waals surface area contributed by atoms with Gasteiger partial charge in [-0.25, -0.2) is 0 Å². The van der Waals surface area contributed by atoms with Gasteiger partial charge in [-0.15, -0.1) is 0 Å². The molecule has 0 aromatic heterocycles. The molecule has 0 N–H and O–H groups in total. The third kappa shape index (κ3) is 5.16. The van der Waals surface area contributed by atoms with Gasteiger partial charge in [-0.05, 0) is 47.7 Å². The molecule has 0 aliphatic heterocycles. The van der Waals surface area contributed by atoms with Crippen LogP contribution in [0.25, 0.3) is 0 Å². The molecule has 0 heterocycles. The van der Waals surface area contributed by atoms with Gasteiger partial charge in [0.15, 0.2) is 0 Å². The Morgan fingerprint density at radius 1 is 0.412 bits per heavy atom. The summed E-state index contributed by atoms with van der Waals surface area (Å²) in [6.45, 7) is 8.91. The zero-order valence-corrected chi connectivity index (χ0v) is 22.5. The van der Waals surface area contributed by atoms with Crippen molar-refractivity contribution in [3.05, 3.63) is 121 Å². The normalized spacial score (nSPS) is 13.9. The molecule has 0 aliphatic rings. The number of hydrogen-bond donors (Lipinski definition) is 0. The minimum Gasteiger partial charge on any atom is -0.403 e. The van der Waals surface area contributed by atoms with Crippen LogP contribution in [0.5, 0.6) is 0 Å². The zero-order chi connectivity index (χ0) is 24.0. The largest absolute Gasteiger partial charge is 0.403 e. The molecule has 0 spiro atoms. The second kappa shape index (κ2) is 10.7. The standard InChI is InChI=1S/C30H34O2Si2/c1-25(31-33(3,27-17-9-5-10-18-27)28-19-11-6-12-20-28)26(2)32-34(4,29-21-13-7-14-22-29)30-23-15-8-16-24-30/h5-26H,1-4H3/t25-,26-/m0/s1. The summed E-state index contributed by atoms with van der Waals surface area (Å²) in [5.41, 5.74) is 0. The van der Waals surface area contributed by atoms with Gasteiger partial charge in [0.25, 0.3) is 16.6 Å². The van der Waals surface area contributed by atoms with Crippen LogP contribution in [0.2, 0.25) is 13.1 Å². The molecule has 34 heavy (non-hydrogen) atoms. The highest BCUT2D eigenvalue weighted by Crippen LogP contribution is 2.18. The molecule has 2 nitrogen and oxygen atoms in total. The zero-order valence-electron chi connectivity index (χ0n) is 20.5. The second-order valence-electron chi connectivity index (χ2n) is 9.18. The predicted octanol–water partition coefficient (Wildman–Crippen LogP) is 4.58. The van der Waals surface area contributed by atoms with E-state index in [0.717, 1.165) is 0 Å². The van der Waals surface area contributed by atoms with Gasteiger partial charge < -0.3 is 8.85 Å². The van der Waals surface area contributed by atoms with E-state index < -0.39 is 16.6 Å². The average molecular weight is 483 g/mol.